The van der Waals surface area contributed by atoms with Crippen molar-refractivity contribution < 1.29 is 23.1 Å². The first-order valence-electron chi connectivity index (χ1n) is 6.15. The summed E-state index contributed by atoms with van der Waals surface area (Å²) in [6.45, 7) is 3.34. The van der Waals surface area contributed by atoms with Crippen molar-refractivity contribution in [2.75, 3.05) is 13.7 Å². The molecular formula is C14H17F2NO3. The van der Waals surface area contributed by atoms with Crippen LogP contribution in [-0.4, -0.2) is 36.5 Å². The number of rotatable bonds is 5. The lowest BCUT2D eigenvalue weighted by molar-refractivity contribution is -0.148. The fourth-order valence-corrected chi connectivity index (χ4v) is 1.69. The predicted molar refractivity (Wildman–Crippen MR) is 68.9 cm³/mol. The minimum Gasteiger partial charge on any atom is -0.468 e. The second kappa shape index (κ2) is 6.98. The molecule has 0 aliphatic carbocycles. The van der Waals surface area contributed by atoms with Crippen LogP contribution in [0.4, 0.5) is 8.78 Å². The van der Waals surface area contributed by atoms with Gasteiger partial charge in [-0.15, -0.1) is 0 Å². The van der Waals surface area contributed by atoms with Crippen LogP contribution in [0.5, 0.6) is 0 Å². The maximum Gasteiger partial charge on any atom is 0.325 e. The smallest absolute Gasteiger partial charge is 0.325 e. The Bertz CT molecular complexity index is 503. The number of amides is 1. The summed E-state index contributed by atoms with van der Waals surface area (Å²) in [5, 5.41) is 0. The summed E-state index contributed by atoms with van der Waals surface area (Å²) in [7, 11) is 1.24. The topological polar surface area (TPSA) is 46.6 Å². The van der Waals surface area contributed by atoms with Gasteiger partial charge in [-0.25, -0.2) is 8.78 Å². The van der Waals surface area contributed by atoms with Crippen LogP contribution in [0.1, 0.15) is 19.4 Å². The van der Waals surface area contributed by atoms with E-state index in [1.807, 2.05) is 0 Å². The Morgan fingerprint density at radius 1 is 1.25 bits per heavy atom. The van der Waals surface area contributed by atoms with Gasteiger partial charge in [0.15, 0.2) is 11.6 Å². The van der Waals surface area contributed by atoms with Crippen molar-refractivity contribution in [1.29, 1.82) is 0 Å². The lowest BCUT2D eigenvalue weighted by Gasteiger charge is -2.25. The first-order valence-corrected chi connectivity index (χ1v) is 6.15. The van der Waals surface area contributed by atoms with Crippen molar-refractivity contribution in [3.8, 4) is 0 Å². The maximum atomic E-state index is 13.1. The highest BCUT2D eigenvalue weighted by Crippen LogP contribution is 2.11. The van der Waals surface area contributed by atoms with E-state index in [1.165, 1.54) is 18.1 Å². The van der Waals surface area contributed by atoms with Crippen molar-refractivity contribution >= 4 is 11.9 Å². The van der Waals surface area contributed by atoms with Gasteiger partial charge in [0.25, 0.3) is 0 Å². The van der Waals surface area contributed by atoms with E-state index in [0.717, 1.165) is 12.1 Å². The summed E-state index contributed by atoms with van der Waals surface area (Å²) in [6.07, 6.45) is -0.105. The molecule has 0 bridgehead atoms. The van der Waals surface area contributed by atoms with Gasteiger partial charge in [0.1, 0.15) is 6.54 Å². The Labute approximate surface area is 116 Å². The number of ether oxygens (including phenoxy) is 1. The first kappa shape index (κ1) is 16.1. The van der Waals surface area contributed by atoms with Crippen LogP contribution in [0.15, 0.2) is 18.2 Å². The molecule has 0 saturated heterocycles. The number of benzene rings is 1. The molecule has 1 aromatic rings. The number of nitrogens with zero attached hydrogens (tertiary/aromatic N) is 1. The van der Waals surface area contributed by atoms with Gasteiger partial charge < -0.3 is 9.64 Å². The molecule has 1 aromatic carbocycles. The number of hydrogen-bond acceptors (Lipinski definition) is 3. The van der Waals surface area contributed by atoms with E-state index in [0.29, 0.717) is 5.56 Å². The molecule has 0 unspecified atom stereocenters. The molecule has 6 heteroatoms. The largest absolute Gasteiger partial charge is 0.468 e. The van der Waals surface area contributed by atoms with Gasteiger partial charge in [-0.1, -0.05) is 6.07 Å². The lowest BCUT2D eigenvalue weighted by Crippen LogP contribution is -2.41. The Kier molecular flexibility index (Phi) is 5.61. The zero-order valence-corrected chi connectivity index (χ0v) is 11.7. The van der Waals surface area contributed by atoms with E-state index in [-0.39, 0.29) is 24.9 Å². The molecular weight excluding hydrogens is 268 g/mol. The zero-order valence-electron chi connectivity index (χ0n) is 11.7. The summed E-state index contributed by atoms with van der Waals surface area (Å²) in [5.74, 6) is -2.84. The SMILES string of the molecule is COC(=O)CN(C(=O)Cc1ccc(F)c(F)c1)C(C)C. The Morgan fingerprint density at radius 2 is 1.90 bits per heavy atom. The summed E-state index contributed by atoms with van der Waals surface area (Å²) in [6, 6.07) is 3.08. The van der Waals surface area contributed by atoms with Crippen LogP contribution in [0.3, 0.4) is 0 Å². The van der Waals surface area contributed by atoms with Gasteiger partial charge in [-0.2, -0.15) is 0 Å². The van der Waals surface area contributed by atoms with Crippen molar-refractivity contribution in [1.82, 2.24) is 4.90 Å². The fourth-order valence-electron chi connectivity index (χ4n) is 1.69. The molecule has 1 amide bonds. The molecule has 110 valence electrons. The van der Waals surface area contributed by atoms with E-state index in [1.54, 1.807) is 13.8 Å². The highest BCUT2D eigenvalue weighted by Gasteiger charge is 2.21. The normalized spacial score (nSPS) is 10.5. The third-order valence-electron chi connectivity index (χ3n) is 2.81. The predicted octanol–water partition coefficient (Wildman–Crippen LogP) is 1.92. The molecule has 0 heterocycles. The molecule has 0 aromatic heterocycles. The van der Waals surface area contributed by atoms with Crippen LogP contribution in [0.2, 0.25) is 0 Å². The maximum absolute atomic E-state index is 13.1. The third-order valence-corrected chi connectivity index (χ3v) is 2.81. The minimum atomic E-state index is -1.00. The van der Waals surface area contributed by atoms with Crippen LogP contribution in [0.25, 0.3) is 0 Å². The highest BCUT2D eigenvalue weighted by molar-refractivity contribution is 5.83. The highest BCUT2D eigenvalue weighted by atomic mass is 19.2. The number of carbonyl (C=O) groups is 2. The molecule has 20 heavy (non-hydrogen) atoms. The second-order valence-electron chi connectivity index (χ2n) is 4.62. The average Bonchev–Trinajstić information content (AvgIpc) is 2.39. The van der Waals surface area contributed by atoms with Gasteiger partial charge in [0.05, 0.1) is 13.5 Å². The first-order chi connectivity index (χ1) is 9.35. The average molecular weight is 285 g/mol. The molecule has 0 N–H and O–H groups in total. The Morgan fingerprint density at radius 3 is 2.40 bits per heavy atom. The van der Waals surface area contributed by atoms with Gasteiger partial charge in [0.2, 0.25) is 5.91 Å². The van der Waals surface area contributed by atoms with Crippen molar-refractivity contribution in [3.63, 3.8) is 0 Å². The number of hydrogen-bond donors (Lipinski definition) is 0. The van der Waals surface area contributed by atoms with E-state index >= 15 is 0 Å². The molecule has 0 aliphatic heterocycles. The lowest BCUT2D eigenvalue weighted by atomic mass is 10.1. The van der Waals surface area contributed by atoms with Crippen LogP contribution >= 0.6 is 0 Å². The van der Waals surface area contributed by atoms with Gasteiger partial charge in [-0.3, -0.25) is 9.59 Å². The van der Waals surface area contributed by atoms with Crippen LogP contribution < -0.4 is 0 Å². The van der Waals surface area contributed by atoms with E-state index in [9.17, 15) is 18.4 Å². The van der Waals surface area contributed by atoms with Gasteiger partial charge in [-0.05, 0) is 31.5 Å². The van der Waals surface area contributed by atoms with Crippen molar-refractivity contribution in [2.45, 2.75) is 26.3 Å². The molecule has 0 fully saturated rings. The summed E-state index contributed by atoms with van der Waals surface area (Å²) >= 11 is 0. The molecule has 0 radical (unpaired) electrons. The van der Waals surface area contributed by atoms with Gasteiger partial charge >= 0.3 is 5.97 Å². The summed E-state index contributed by atoms with van der Waals surface area (Å²) in [5.41, 5.74) is 0.351. The molecule has 1 rings (SSSR count). The fraction of sp³-hybridized carbons (Fsp3) is 0.429. The Hall–Kier alpha value is -1.98. The second-order valence-corrected chi connectivity index (χ2v) is 4.62. The number of esters is 1. The summed E-state index contributed by atoms with van der Waals surface area (Å²) < 4.78 is 30.4. The minimum absolute atomic E-state index is 0.105. The van der Waals surface area contributed by atoms with Crippen LogP contribution in [0, 0.1) is 11.6 Å². The molecule has 0 atom stereocenters. The number of carbonyl (C=O) groups excluding carboxylic acids is 2. The summed E-state index contributed by atoms with van der Waals surface area (Å²) in [4.78, 5) is 24.7. The molecule has 4 nitrogen and oxygen atoms in total. The Balaban J connectivity index is 2.80. The monoisotopic (exact) mass is 285 g/mol. The van der Waals surface area contributed by atoms with Crippen molar-refractivity contribution in [3.05, 3.63) is 35.4 Å². The van der Waals surface area contributed by atoms with Crippen LogP contribution in [-0.2, 0) is 20.7 Å². The zero-order chi connectivity index (χ0) is 15.3. The van der Waals surface area contributed by atoms with E-state index in [2.05, 4.69) is 4.74 Å². The molecule has 0 aliphatic rings. The standard InChI is InChI=1S/C14H17F2NO3/c1-9(2)17(8-14(19)20-3)13(18)7-10-4-5-11(15)12(16)6-10/h4-6,9H,7-8H2,1-3H3. The van der Waals surface area contributed by atoms with Gasteiger partial charge in [0, 0.05) is 6.04 Å². The number of methoxy groups -OCH3 is 1. The molecule has 0 saturated carbocycles. The third kappa shape index (κ3) is 4.29. The van der Waals surface area contributed by atoms with Crippen molar-refractivity contribution in [2.24, 2.45) is 0 Å². The van der Waals surface area contributed by atoms with E-state index < -0.39 is 17.6 Å². The number of halogens is 2. The van der Waals surface area contributed by atoms with E-state index in [4.69, 9.17) is 0 Å². The molecule has 0 spiro atoms. The quantitative estimate of drug-likeness (QED) is 0.776.